The van der Waals surface area contributed by atoms with Crippen LogP contribution in [0, 0.1) is 0 Å². The van der Waals surface area contributed by atoms with Gasteiger partial charge in [-0.05, 0) is 0 Å². The summed E-state index contributed by atoms with van der Waals surface area (Å²) in [5.41, 5.74) is 3.59. The first-order chi connectivity index (χ1) is 9.24. The van der Waals surface area contributed by atoms with Crippen molar-refractivity contribution in [2.45, 2.75) is 16.3 Å². The van der Waals surface area contributed by atoms with E-state index in [4.69, 9.17) is 9.84 Å². The molecule has 0 aliphatic rings. The van der Waals surface area contributed by atoms with Crippen molar-refractivity contribution in [2.24, 2.45) is 0 Å². The van der Waals surface area contributed by atoms with Crippen LogP contribution in [-0.2, 0) is 37.6 Å². The Morgan fingerprint density at radius 3 is 2.00 bits per heavy atom. The molecule has 2 nitrogen and oxygen atoms in total. The molecule has 2 aromatic rings. The van der Waals surface area contributed by atoms with Crippen molar-refractivity contribution in [3.63, 3.8) is 0 Å². The molecule has 3 heteroatoms. The first-order valence-corrected chi connectivity index (χ1v) is 8.06. The second kappa shape index (κ2) is 7.18. The SMILES string of the molecule is CCOc1ccc([CH]([Y])c2ccc(CO)cc2)cc1. The standard InChI is InChI=1S/C16H17O2.Y/c1-2-18-16-9-7-14(8-10-16)11-13-3-5-15(12-17)6-4-13;/h3-11,17H,2,12H2,1H3;. The van der Waals surface area contributed by atoms with E-state index in [1.807, 2.05) is 31.2 Å². The Kier molecular flexibility index (Phi) is 5.56. The predicted octanol–water partition coefficient (Wildman–Crippen LogP) is 3.21. The van der Waals surface area contributed by atoms with Gasteiger partial charge in [0.2, 0.25) is 0 Å². The molecular weight excluding hydrogens is 313 g/mol. The summed E-state index contributed by atoms with van der Waals surface area (Å²) in [4.78, 5) is 0. The molecular formula is C16H17O2Y. The molecule has 0 saturated heterocycles. The van der Waals surface area contributed by atoms with Crippen LogP contribution >= 0.6 is 0 Å². The fourth-order valence-electron chi connectivity index (χ4n) is 1.96. The quantitative estimate of drug-likeness (QED) is 0.912. The number of benzene rings is 2. The van der Waals surface area contributed by atoms with E-state index >= 15 is 0 Å². The van der Waals surface area contributed by atoms with E-state index in [0.717, 1.165) is 42.3 Å². The Morgan fingerprint density at radius 2 is 1.53 bits per heavy atom. The van der Waals surface area contributed by atoms with Crippen LogP contribution in [0.1, 0.15) is 26.3 Å². The van der Waals surface area contributed by atoms with Gasteiger partial charge in [0.15, 0.2) is 0 Å². The summed E-state index contributed by atoms with van der Waals surface area (Å²) in [6.07, 6.45) is 0. The van der Waals surface area contributed by atoms with Gasteiger partial charge in [-0.2, -0.15) is 0 Å². The van der Waals surface area contributed by atoms with Crippen LogP contribution in [0.4, 0.5) is 0 Å². The number of aliphatic hydroxyl groups excluding tert-OH is 1. The normalized spacial score (nSPS) is 12.1. The molecule has 0 radical (unpaired) electrons. The molecule has 0 aliphatic carbocycles. The molecule has 96 valence electrons. The zero-order chi connectivity index (χ0) is 13.7. The average molecular weight is 330 g/mol. The fraction of sp³-hybridized carbons (Fsp3) is 0.250. The minimum atomic E-state index is 0.106. The van der Waals surface area contributed by atoms with Crippen molar-refractivity contribution in [3.8, 4) is 5.75 Å². The zero-order valence-electron chi connectivity index (χ0n) is 11.0. The first-order valence-electron chi connectivity index (χ1n) is 6.42. The van der Waals surface area contributed by atoms with Crippen LogP contribution in [0.15, 0.2) is 48.5 Å². The summed E-state index contributed by atoms with van der Waals surface area (Å²) in [7, 11) is 0. The number of ether oxygens (including phenoxy) is 1. The molecule has 1 atom stereocenters. The summed E-state index contributed by atoms with van der Waals surface area (Å²) in [5.74, 6) is 0.926. The maximum absolute atomic E-state index is 9.06. The molecule has 19 heavy (non-hydrogen) atoms. The molecule has 0 fully saturated rings. The van der Waals surface area contributed by atoms with Crippen molar-refractivity contribution in [1.29, 1.82) is 0 Å². The van der Waals surface area contributed by atoms with Crippen LogP contribution in [-0.4, -0.2) is 11.7 Å². The van der Waals surface area contributed by atoms with E-state index in [9.17, 15) is 0 Å². The number of rotatable bonds is 5. The van der Waals surface area contributed by atoms with Gasteiger partial charge in [-0.1, -0.05) is 0 Å². The summed E-state index contributed by atoms with van der Waals surface area (Å²) in [5, 5.41) is 9.06. The number of aliphatic hydroxyl groups is 1. The van der Waals surface area contributed by atoms with Crippen LogP contribution in [0.3, 0.4) is 0 Å². The summed E-state index contributed by atoms with van der Waals surface area (Å²) < 4.78 is 5.93. The van der Waals surface area contributed by atoms with Crippen LogP contribution in [0.2, 0.25) is 0 Å². The molecule has 0 spiro atoms. The molecule has 0 bridgehead atoms. The number of hydrogen-bond acceptors (Lipinski definition) is 2. The van der Waals surface area contributed by atoms with Gasteiger partial charge in [-0.15, -0.1) is 0 Å². The second-order valence-electron chi connectivity index (χ2n) is 4.38. The monoisotopic (exact) mass is 330 g/mol. The molecule has 0 saturated carbocycles. The Bertz CT molecular complexity index is 505. The first kappa shape index (κ1) is 14.7. The molecule has 2 rings (SSSR count). The summed E-state index contributed by atoms with van der Waals surface area (Å²) in [6.45, 7) is 2.80. The third-order valence-electron chi connectivity index (χ3n) is 3.07. The molecule has 0 amide bonds. The third-order valence-corrected chi connectivity index (χ3v) is 4.96. The summed E-state index contributed by atoms with van der Waals surface area (Å²) in [6, 6.07) is 16.5. The molecule has 0 aromatic heterocycles. The molecule has 1 N–H and O–H groups in total. The Balaban J connectivity index is 2.15. The van der Waals surface area contributed by atoms with Crippen molar-refractivity contribution in [3.05, 3.63) is 65.2 Å². The van der Waals surface area contributed by atoms with E-state index in [2.05, 4.69) is 24.3 Å². The summed E-state index contributed by atoms with van der Waals surface area (Å²) >= 11 is 1.13. The predicted molar refractivity (Wildman–Crippen MR) is 71.8 cm³/mol. The molecule has 2 aromatic carbocycles. The van der Waals surface area contributed by atoms with Crippen molar-refractivity contribution >= 4 is 0 Å². The van der Waals surface area contributed by atoms with E-state index in [0.29, 0.717) is 9.34 Å². The van der Waals surface area contributed by atoms with Crippen LogP contribution in [0.5, 0.6) is 5.75 Å². The van der Waals surface area contributed by atoms with E-state index < -0.39 is 0 Å². The van der Waals surface area contributed by atoms with Gasteiger partial charge >= 0.3 is 135 Å². The van der Waals surface area contributed by atoms with Crippen LogP contribution < -0.4 is 4.74 Å². The van der Waals surface area contributed by atoms with Crippen molar-refractivity contribution in [1.82, 2.24) is 0 Å². The number of hydrogen-bond donors (Lipinski definition) is 1. The van der Waals surface area contributed by atoms with Gasteiger partial charge in [0.25, 0.3) is 0 Å². The molecule has 1 unspecified atom stereocenters. The second-order valence-corrected chi connectivity index (χ2v) is 6.02. The van der Waals surface area contributed by atoms with E-state index in [-0.39, 0.29) is 6.61 Å². The van der Waals surface area contributed by atoms with Gasteiger partial charge in [0.05, 0.1) is 0 Å². The fourth-order valence-corrected chi connectivity index (χ4v) is 3.05. The topological polar surface area (TPSA) is 29.5 Å². The van der Waals surface area contributed by atoms with Gasteiger partial charge < -0.3 is 0 Å². The Morgan fingerprint density at radius 1 is 1.00 bits per heavy atom. The van der Waals surface area contributed by atoms with Gasteiger partial charge in [0, 0.05) is 0 Å². The minimum absolute atomic E-state index is 0.106. The Hall–Kier alpha value is -0.696. The average Bonchev–Trinajstić information content (AvgIpc) is 2.48. The van der Waals surface area contributed by atoms with Gasteiger partial charge in [0.1, 0.15) is 0 Å². The molecule has 0 aliphatic heterocycles. The van der Waals surface area contributed by atoms with Crippen molar-refractivity contribution in [2.75, 3.05) is 6.61 Å². The Labute approximate surface area is 134 Å². The van der Waals surface area contributed by atoms with E-state index in [1.54, 1.807) is 0 Å². The van der Waals surface area contributed by atoms with E-state index in [1.165, 1.54) is 11.1 Å². The third kappa shape index (κ3) is 3.88. The van der Waals surface area contributed by atoms with Crippen LogP contribution in [0.25, 0.3) is 0 Å². The van der Waals surface area contributed by atoms with Gasteiger partial charge in [-0.25, -0.2) is 0 Å². The van der Waals surface area contributed by atoms with Gasteiger partial charge in [-0.3, -0.25) is 0 Å². The molecule has 0 heterocycles. The maximum atomic E-state index is 9.06. The zero-order valence-corrected chi connectivity index (χ0v) is 13.9. The van der Waals surface area contributed by atoms with Crippen molar-refractivity contribution < 1.29 is 40.8 Å².